The molecular weight excluding hydrogens is 351 g/mol. The van der Waals surface area contributed by atoms with Crippen molar-refractivity contribution in [1.29, 1.82) is 0 Å². The van der Waals surface area contributed by atoms with Gasteiger partial charge in [-0.05, 0) is 12.5 Å². The summed E-state index contributed by atoms with van der Waals surface area (Å²) >= 11 is 0. The first-order chi connectivity index (χ1) is 8.79. The van der Waals surface area contributed by atoms with Crippen molar-refractivity contribution in [2.45, 2.75) is 20.0 Å². The highest BCUT2D eigenvalue weighted by molar-refractivity contribution is 5.93. The number of amides is 1. The molecule has 0 aliphatic carbocycles. The van der Waals surface area contributed by atoms with Gasteiger partial charge in [-0.25, -0.2) is 4.57 Å². The lowest BCUT2D eigenvalue weighted by molar-refractivity contribution is -0.693. The van der Waals surface area contributed by atoms with E-state index in [1.807, 2.05) is 59.4 Å². The first kappa shape index (κ1) is 15.6. The Morgan fingerprint density at radius 2 is 1.74 bits per heavy atom. The van der Waals surface area contributed by atoms with E-state index >= 15 is 0 Å². The molecule has 1 N–H and O–H groups in total. The van der Waals surface area contributed by atoms with Crippen LogP contribution in [-0.2, 0) is 13.1 Å². The molecule has 0 atom stereocenters. The first-order valence-corrected chi connectivity index (χ1v) is 6.11. The number of hydrogen-bond acceptors (Lipinski definition) is 1. The van der Waals surface area contributed by atoms with Gasteiger partial charge in [0, 0.05) is 18.7 Å². The summed E-state index contributed by atoms with van der Waals surface area (Å²) in [7, 11) is 0. The van der Waals surface area contributed by atoms with Crippen LogP contribution < -0.4 is 33.9 Å². The predicted octanol–water partition coefficient (Wildman–Crippen LogP) is -1.07. The van der Waals surface area contributed by atoms with Gasteiger partial charge in [-0.3, -0.25) is 4.79 Å². The number of aromatic nitrogens is 1. The van der Waals surface area contributed by atoms with Crippen LogP contribution >= 0.6 is 0 Å². The summed E-state index contributed by atoms with van der Waals surface area (Å²) in [6.45, 7) is 3.53. The van der Waals surface area contributed by atoms with Crippen molar-refractivity contribution in [3.63, 3.8) is 0 Å². The number of rotatable bonds is 4. The molecule has 1 heterocycles. The minimum Gasteiger partial charge on any atom is -1.00 e. The monoisotopic (exact) mass is 368 g/mol. The number of nitrogens with one attached hydrogen (secondary N) is 1. The molecule has 0 unspecified atom stereocenters. The summed E-state index contributed by atoms with van der Waals surface area (Å²) in [5, 5.41) is 2.90. The highest BCUT2D eigenvalue weighted by Gasteiger charge is 2.06. The maximum atomic E-state index is 11.9. The Kier molecular flexibility index (Phi) is 6.49. The van der Waals surface area contributed by atoms with Gasteiger partial charge in [-0.15, -0.1) is 0 Å². The molecule has 0 spiro atoms. The summed E-state index contributed by atoms with van der Waals surface area (Å²) < 4.78 is 2.02. The number of nitrogens with zero attached hydrogens (tertiary/aromatic N) is 1. The molecule has 0 aliphatic heterocycles. The summed E-state index contributed by atoms with van der Waals surface area (Å²) in [4.78, 5) is 11.9. The van der Waals surface area contributed by atoms with Gasteiger partial charge >= 0.3 is 0 Å². The molecule has 2 rings (SSSR count). The van der Waals surface area contributed by atoms with Crippen molar-refractivity contribution in [1.82, 2.24) is 5.32 Å². The van der Waals surface area contributed by atoms with Gasteiger partial charge in [0.2, 0.25) is 0 Å². The van der Waals surface area contributed by atoms with Gasteiger partial charge in [0.15, 0.2) is 12.4 Å². The summed E-state index contributed by atoms with van der Waals surface area (Å²) in [5.41, 5.74) is 1.79. The van der Waals surface area contributed by atoms with Gasteiger partial charge in [0.25, 0.3) is 5.91 Å². The molecule has 1 amide bonds. The number of aryl methyl sites for hydroxylation is 1. The van der Waals surface area contributed by atoms with E-state index in [1.54, 1.807) is 0 Å². The molecule has 19 heavy (non-hydrogen) atoms. The Morgan fingerprint density at radius 3 is 2.32 bits per heavy atom. The third kappa shape index (κ3) is 4.63. The SMILES string of the molecule is CC[n+]1ccc(C(=O)NCc2ccccc2)cc1.[I-]. The van der Waals surface area contributed by atoms with Crippen LogP contribution in [0.25, 0.3) is 0 Å². The number of carbonyl (C=O) groups excluding carboxylic acids is 1. The minimum atomic E-state index is -0.0397. The number of benzene rings is 1. The lowest BCUT2D eigenvalue weighted by Gasteiger charge is -2.04. The largest absolute Gasteiger partial charge is 1.00 e. The second kappa shape index (κ2) is 7.89. The number of pyridine rings is 1. The smallest absolute Gasteiger partial charge is 0.252 e. The van der Waals surface area contributed by atoms with Gasteiger partial charge in [0.1, 0.15) is 6.54 Å². The van der Waals surface area contributed by atoms with Crippen molar-refractivity contribution in [2.24, 2.45) is 0 Å². The molecule has 3 nitrogen and oxygen atoms in total. The third-order valence-electron chi connectivity index (χ3n) is 2.81. The minimum absolute atomic E-state index is 0. The van der Waals surface area contributed by atoms with Crippen LogP contribution in [0, 0.1) is 0 Å². The molecule has 1 aromatic carbocycles. The fourth-order valence-electron chi connectivity index (χ4n) is 1.70. The maximum absolute atomic E-state index is 11.9. The van der Waals surface area contributed by atoms with E-state index in [9.17, 15) is 4.79 Å². The molecule has 0 radical (unpaired) electrons. The maximum Gasteiger partial charge on any atom is 0.252 e. The Balaban J connectivity index is 0.00000180. The number of hydrogen-bond donors (Lipinski definition) is 1. The van der Waals surface area contributed by atoms with Crippen molar-refractivity contribution in [3.8, 4) is 0 Å². The summed E-state index contributed by atoms with van der Waals surface area (Å²) in [6, 6.07) is 13.6. The second-order valence-electron chi connectivity index (χ2n) is 4.09. The molecule has 0 saturated carbocycles. The van der Waals surface area contributed by atoms with E-state index in [0.29, 0.717) is 12.1 Å². The highest BCUT2D eigenvalue weighted by Crippen LogP contribution is 2.00. The fraction of sp³-hybridized carbons (Fsp3) is 0.200. The molecule has 0 fully saturated rings. The molecule has 0 bridgehead atoms. The summed E-state index contributed by atoms with van der Waals surface area (Å²) in [6.07, 6.45) is 3.83. The van der Waals surface area contributed by atoms with E-state index < -0.39 is 0 Å². The van der Waals surface area contributed by atoms with Crippen LogP contribution in [0.15, 0.2) is 54.9 Å². The Bertz CT molecular complexity index is 511. The topological polar surface area (TPSA) is 33.0 Å². The van der Waals surface area contributed by atoms with E-state index in [4.69, 9.17) is 0 Å². The average molecular weight is 368 g/mol. The van der Waals surface area contributed by atoms with Crippen molar-refractivity contribution in [3.05, 3.63) is 66.0 Å². The zero-order chi connectivity index (χ0) is 12.8. The Hall–Kier alpha value is -1.43. The lowest BCUT2D eigenvalue weighted by atomic mass is 10.2. The first-order valence-electron chi connectivity index (χ1n) is 6.11. The second-order valence-corrected chi connectivity index (χ2v) is 4.09. The number of carbonyl (C=O) groups is 1. The van der Waals surface area contributed by atoms with Gasteiger partial charge in [-0.2, -0.15) is 0 Å². The van der Waals surface area contributed by atoms with Crippen molar-refractivity contribution < 1.29 is 33.3 Å². The van der Waals surface area contributed by atoms with Crippen LogP contribution in [-0.4, -0.2) is 5.91 Å². The van der Waals surface area contributed by atoms with Crippen LogP contribution in [0.2, 0.25) is 0 Å². The highest BCUT2D eigenvalue weighted by atomic mass is 127. The van der Waals surface area contributed by atoms with Crippen LogP contribution in [0.1, 0.15) is 22.8 Å². The third-order valence-corrected chi connectivity index (χ3v) is 2.81. The Labute approximate surface area is 130 Å². The summed E-state index contributed by atoms with van der Waals surface area (Å²) in [5.74, 6) is -0.0397. The van der Waals surface area contributed by atoms with E-state index in [1.165, 1.54) is 0 Å². The van der Waals surface area contributed by atoms with Crippen molar-refractivity contribution >= 4 is 5.91 Å². The normalized spacial score (nSPS) is 9.53. The molecule has 0 aliphatic rings. The van der Waals surface area contributed by atoms with E-state index in [2.05, 4.69) is 12.2 Å². The van der Waals surface area contributed by atoms with Gasteiger partial charge < -0.3 is 29.3 Å². The molecule has 2 aromatic rings. The van der Waals surface area contributed by atoms with E-state index in [0.717, 1.165) is 12.1 Å². The van der Waals surface area contributed by atoms with Crippen LogP contribution in [0.4, 0.5) is 0 Å². The zero-order valence-electron chi connectivity index (χ0n) is 10.8. The van der Waals surface area contributed by atoms with Gasteiger partial charge in [0.05, 0.1) is 5.56 Å². The molecular formula is C15H17IN2O. The number of halogens is 1. The molecule has 0 saturated heterocycles. The van der Waals surface area contributed by atoms with Gasteiger partial charge in [-0.1, -0.05) is 30.3 Å². The Morgan fingerprint density at radius 1 is 1.11 bits per heavy atom. The van der Waals surface area contributed by atoms with Crippen LogP contribution in [0.3, 0.4) is 0 Å². The zero-order valence-corrected chi connectivity index (χ0v) is 13.0. The fourth-order valence-corrected chi connectivity index (χ4v) is 1.70. The van der Waals surface area contributed by atoms with Crippen molar-refractivity contribution in [2.75, 3.05) is 0 Å². The van der Waals surface area contributed by atoms with Crippen LogP contribution in [0.5, 0.6) is 0 Å². The quantitative estimate of drug-likeness (QED) is 0.541. The molecule has 4 heteroatoms. The molecule has 100 valence electrons. The predicted molar refractivity (Wildman–Crippen MR) is 69.9 cm³/mol. The van der Waals surface area contributed by atoms with E-state index in [-0.39, 0.29) is 29.9 Å². The molecule has 1 aromatic heterocycles. The lowest BCUT2D eigenvalue weighted by Crippen LogP contribution is -3.00. The average Bonchev–Trinajstić information content (AvgIpc) is 2.46. The standard InChI is InChI=1S/C15H16N2O.HI/c1-2-17-10-8-14(9-11-17)15(18)16-12-13-6-4-3-5-7-13;/h3-11H,2,12H2,1H3;1H.